The molecule has 0 radical (unpaired) electrons. The molecule has 4 nitrogen and oxygen atoms in total. The van der Waals surface area contributed by atoms with Crippen LogP contribution in [0.5, 0.6) is 0 Å². The van der Waals surface area contributed by atoms with Crippen molar-refractivity contribution in [3.05, 3.63) is 0 Å². The Morgan fingerprint density at radius 1 is 0.933 bits per heavy atom. The lowest BCUT2D eigenvalue weighted by molar-refractivity contribution is -0.862. The zero-order valence-electron chi connectivity index (χ0n) is 9.55. The van der Waals surface area contributed by atoms with Gasteiger partial charge >= 0.3 is 0 Å². The van der Waals surface area contributed by atoms with Gasteiger partial charge in [0.1, 0.15) is 26.2 Å². The summed E-state index contributed by atoms with van der Waals surface area (Å²) in [5.74, 6) is 2.58. The smallest absolute Gasteiger partial charge is 0.193 e. The quantitative estimate of drug-likeness (QED) is 0.567. The van der Waals surface area contributed by atoms with Crippen molar-refractivity contribution in [2.45, 2.75) is 13.8 Å². The fourth-order valence-electron chi connectivity index (χ4n) is 2.22. The van der Waals surface area contributed by atoms with Crippen LogP contribution in [0.3, 0.4) is 0 Å². The first-order chi connectivity index (χ1) is 6.77. The molecule has 0 aliphatic carbocycles. The molecule has 0 amide bonds. The van der Waals surface area contributed by atoms with E-state index in [2.05, 4.69) is 23.8 Å². The molecule has 0 spiro atoms. The number of amidine groups is 2. The van der Waals surface area contributed by atoms with E-state index in [9.17, 15) is 0 Å². The fraction of sp³-hybridized carbons (Fsp3) is 0.800. The molecule has 0 saturated carbocycles. The highest BCUT2D eigenvalue weighted by Crippen LogP contribution is 1.78. The van der Waals surface area contributed by atoms with Crippen molar-refractivity contribution in [2.75, 3.05) is 39.3 Å². The van der Waals surface area contributed by atoms with Gasteiger partial charge in [-0.2, -0.15) is 0 Å². The van der Waals surface area contributed by atoms with E-state index < -0.39 is 0 Å². The van der Waals surface area contributed by atoms with E-state index in [0.29, 0.717) is 0 Å². The Kier molecular flexibility index (Phi) is 4.70. The molecule has 0 aromatic carbocycles. The highest BCUT2D eigenvalue weighted by atomic mass is 35.5. The Labute approximate surface area is 97.5 Å². The first-order valence-corrected chi connectivity index (χ1v) is 5.49. The molecule has 0 aromatic rings. The van der Waals surface area contributed by atoms with Crippen LogP contribution in [0.15, 0.2) is 9.98 Å². The summed E-state index contributed by atoms with van der Waals surface area (Å²) in [6.07, 6.45) is 0. The maximum absolute atomic E-state index is 4.42. The van der Waals surface area contributed by atoms with E-state index in [4.69, 9.17) is 0 Å². The molecule has 0 aromatic heterocycles. The molecule has 2 heterocycles. The highest BCUT2D eigenvalue weighted by Gasteiger charge is 2.23. The molecule has 2 N–H and O–H groups in total. The second-order valence-corrected chi connectivity index (χ2v) is 4.14. The number of quaternary nitrogens is 2. The lowest BCUT2D eigenvalue weighted by atomic mass is 10.4. The van der Waals surface area contributed by atoms with Crippen molar-refractivity contribution in [2.24, 2.45) is 9.98 Å². The van der Waals surface area contributed by atoms with Crippen LogP contribution in [0.25, 0.3) is 0 Å². The molecular formula is C10H21ClN4+2. The minimum absolute atomic E-state index is 0. The molecule has 0 bridgehead atoms. The van der Waals surface area contributed by atoms with E-state index in [1.807, 2.05) is 0 Å². The van der Waals surface area contributed by atoms with E-state index in [0.717, 1.165) is 13.1 Å². The summed E-state index contributed by atoms with van der Waals surface area (Å²) >= 11 is 0. The monoisotopic (exact) mass is 232 g/mol. The van der Waals surface area contributed by atoms with Crippen LogP contribution in [0, 0.1) is 0 Å². The van der Waals surface area contributed by atoms with Crippen LogP contribution >= 0.6 is 12.4 Å². The van der Waals surface area contributed by atoms with Gasteiger partial charge in [-0.05, 0) is 0 Å². The first-order valence-electron chi connectivity index (χ1n) is 5.49. The van der Waals surface area contributed by atoms with Crippen molar-refractivity contribution in [1.29, 1.82) is 0 Å². The van der Waals surface area contributed by atoms with Crippen LogP contribution in [0.1, 0.15) is 13.8 Å². The molecule has 0 saturated heterocycles. The van der Waals surface area contributed by atoms with Crippen LogP contribution in [0.2, 0.25) is 0 Å². The lowest BCUT2D eigenvalue weighted by Crippen LogP contribution is -3.21. The van der Waals surface area contributed by atoms with Gasteiger partial charge in [0, 0.05) is 13.8 Å². The number of nitrogens with one attached hydrogen (secondary N) is 2. The van der Waals surface area contributed by atoms with Crippen LogP contribution < -0.4 is 9.80 Å². The van der Waals surface area contributed by atoms with Gasteiger partial charge in [-0.1, -0.05) is 0 Å². The lowest BCUT2D eigenvalue weighted by Gasteiger charge is -2.15. The maximum atomic E-state index is 4.42. The van der Waals surface area contributed by atoms with Crippen molar-refractivity contribution in [3.8, 4) is 0 Å². The van der Waals surface area contributed by atoms with E-state index in [1.165, 1.54) is 37.9 Å². The van der Waals surface area contributed by atoms with Crippen molar-refractivity contribution in [3.63, 3.8) is 0 Å². The average Bonchev–Trinajstić information content (AvgIpc) is 2.72. The summed E-state index contributed by atoms with van der Waals surface area (Å²) < 4.78 is 0. The Morgan fingerprint density at radius 3 is 1.60 bits per heavy atom. The third-order valence-corrected chi connectivity index (χ3v) is 3.28. The molecule has 2 aliphatic heterocycles. The van der Waals surface area contributed by atoms with E-state index in [-0.39, 0.29) is 12.4 Å². The Bertz CT molecular complexity index is 247. The molecule has 5 heteroatoms. The van der Waals surface area contributed by atoms with Gasteiger partial charge in [0.05, 0.1) is 13.1 Å². The number of aliphatic imine (C=N–C) groups is 2. The summed E-state index contributed by atoms with van der Waals surface area (Å²) in [7, 11) is 0. The molecule has 2 aliphatic rings. The van der Waals surface area contributed by atoms with Gasteiger partial charge < -0.3 is 0 Å². The average molecular weight is 233 g/mol. The zero-order valence-corrected chi connectivity index (χ0v) is 10.4. The van der Waals surface area contributed by atoms with Crippen LogP contribution in [-0.2, 0) is 0 Å². The summed E-state index contributed by atoms with van der Waals surface area (Å²) in [5, 5.41) is 0. The standard InChI is InChI=1S/C10H18N4.ClH/c1-9-11-3-5-13(9)7-8-14-6-4-12-10(14)2;/h3-8H2,1-2H3;1H/p+2. The predicted molar refractivity (Wildman–Crippen MR) is 64.6 cm³/mol. The molecular weight excluding hydrogens is 212 g/mol. The van der Waals surface area contributed by atoms with Gasteiger partial charge in [0.2, 0.25) is 0 Å². The third kappa shape index (κ3) is 3.00. The zero-order chi connectivity index (χ0) is 9.97. The van der Waals surface area contributed by atoms with Gasteiger partial charge in [0.25, 0.3) is 0 Å². The van der Waals surface area contributed by atoms with Gasteiger partial charge in [-0.25, -0.2) is 9.98 Å². The fourth-order valence-corrected chi connectivity index (χ4v) is 2.22. The SMILES string of the molecule is CC1=NCC[NH+]1CC[NH+]1CCN=C1C.Cl. The number of rotatable bonds is 3. The number of nitrogens with zero attached hydrogens (tertiary/aromatic N) is 2. The largest absolute Gasteiger partial charge is 0.284 e. The number of hydrogen-bond donors (Lipinski definition) is 2. The van der Waals surface area contributed by atoms with Crippen molar-refractivity contribution >= 4 is 24.1 Å². The Hall–Kier alpha value is -0.450. The van der Waals surface area contributed by atoms with Gasteiger partial charge in [-0.3, -0.25) is 9.80 Å². The summed E-state index contributed by atoms with van der Waals surface area (Å²) in [6.45, 7) is 11.1. The van der Waals surface area contributed by atoms with Crippen LogP contribution in [-0.4, -0.2) is 50.9 Å². The molecule has 2 rings (SSSR count). The molecule has 2 unspecified atom stereocenters. The van der Waals surface area contributed by atoms with Crippen molar-refractivity contribution < 1.29 is 9.80 Å². The molecule has 86 valence electrons. The van der Waals surface area contributed by atoms with Gasteiger partial charge in [-0.15, -0.1) is 12.4 Å². The number of hydrogen-bond acceptors (Lipinski definition) is 2. The first kappa shape index (κ1) is 12.6. The van der Waals surface area contributed by atoms with Crippen molar-refractivity contribution in [1.82, 2.24) is 0 Å². The number of halogens is 1. The topological polar surface area (TPSA) is 33.6 Å². The summed E-state index contributed by atoms with van der Waals surface area (Å²) in [5.41, 5.74) is 0. The third-order valence-electron chi connectivity index (χ3n) is 3.28. The van der Waals surface area contributed by atoms with Gasteiger partial charge in [0.15, 0.2) is 11.7 Å². The molecule has 15 heavy (non-hydrogen) atoms. The summed E-state index contributed by atoms with van der Waals surface area (Å²) in [6, 6.07) is 0. The molecule has 2 atom stereocenters. The second-order valence-electron chi connectivity index (χ2n) is 4.14. The minimum atomic E-state index is 0. The Morgan fingerprint density at radius 2 is 1.33 bits per heavy atom. The van der Waals surface area contributed by atoms with E-state index in [1.54, 1.807) is 9.80 Å². The van der Waals surface area contributed by atoms with Crippen LogP contribution in [0.4, 0.5) is 0 Å². The Balaban J connectivity index is 0.00000112. The normalized spacial score (nSPS) is 29.7. The predicted octanol–water partition coefficient (Wildman–Crippen LogP) is -1.96. The summed E-state index contributed by atoms with van der Waals surface area (Å²) in [4.78, 5) is 12.0. The van der Waals surface area contributed by atoms with E-state index >= 15 is 0 Å². The molecule has 0 fully saturated rings. The second kappa shape index (κ2) is 5.58. The maximum Gasteiger partial charge on any atom is 0.193 e. The highest BCUT2D eigenvalue weighted by molar-refractivity contribution is 5.85. The minimum Gasteiger partial charge on any atom is -0.284 e.